The van der Waals surface area contributed by atoms with Gasteiger partial charge in [0.1, 0.15) is 0 Å². The highest BCUT2D eigenvalue weighted by atomic mass is 17.4. The zero-order valence-corrected chi connectivity index (χ0v) is 18.8. The van der Waals surface area contributed by atoms with E-state index >= 15 is 0 Å². The van der Waals surface area contributed by atoms with Gasteiger partial charge in [-0.15, -0.1) is 0 Å². The van der Waals surface area contributed by atoms with Gasteiger partial charge in [-0.2, -0.15) is 19.6 Å². The maximum Gasteiger partial charge on any atom is 0.328 e. The second-order valence-corrected chi connectivity index (χ2v) is 8.36. The first kappa shape index (κ1) is 23.1. The Hall–Kier alpha value is -3.32. The van der Waals surface area contributed by atoms with Crippen LogP contribution in [0.15, 0.2) is 106 Å². The van der Waals surface area contributed by atoms with E-state index in [4.69, 9.17) is 37.9 Å². The van der Waals surface area contributed by atoms with Crippen LogP contribution in [0.3, 0.4) is 0 Å². The van der Waals surface area contributed by atoms with Crippen LogP contribution in [0.5, 0.6) is 0 Å². The van der Waals surface area contributed by atoms with E-state index in [1.54, 1.807) is 12.1 Å². The molecule has 0 aliphatic carbocycles. The molecule has 2 aromatic heterocycles. The number of hydrogen-bond acceptors (Lipinski definition) is 10. The van der Waals surface area contributed by atoms with E-state index in [0.29, 0.717) is 0 Å². The van der Waals surface area contributed by atoms with Gasteiger partial charge in [0.25, 0.3) is 0 Å². The Bertz CT molecular complexity index is 1180. The lowest BCUT2D eigenvalue weighted by Crippen LogP contribution is -2.86. The molecule has 0 saturated carbocycles. The molecule has 4 atom stereocenters. The highest BCUT2D eigenvalue weighted by Crippen LogP contribution is 2.63. The maximum atomic E-state index is 11.9. The third kappa shape index (κ3) is 3.22. The highest BCUT2D eigenvalue weighted by molar-refractivity contribution is 5.25. The van der Waals surface area contributed by atoms with E-state index < -0.39 is 23.1 Å². The maximum absolute atomic E-state index is 11.9. The molecule has 10 heteroatoms. The number of benzene rings is 2. The molecule has 0 bridgehead atoms. The van der Waals surface area contributed by atoms with Crippen LogP contribution in [0.4, 0.5) is 0 Å². The fourth-order valence-electron chi connectivity index (χ4n) is 4.24. The van der Waals surface area contributed by atoms with Gasteiger partial charge in [-0.1, -0.05) is 60.7 Å². The standard InChI is InChI=1S/C26H22O10/c27-25-23(21-13-7-15-29-21,31-17-19-9-3-1-4-10-19)33-34-24(22-14-8-16-30-22,26(25,28)36-35-25)32-18-20-11-5-2-6-12-20/h1-16,27-28H,17-18H2. The summed E-state index contributed by atoms with van der Waals surface area (Å²) in [5.74, 6) is -10.3. The first-order valence-corrected chi connectivity index (χ1v) is 11.2. The molecule has 6 rings (SSSR count). The van der Waals surface area contributed by atoms with Gasteiger partial charge in [-0.05, 0) is 35.4 Å². The van der Waals surface area contributed by atoms with Crippen LogP contribution in [0.2, 0.25) is 0 Å². The minimum atomic E-state index is -2.74. The summed E-state index contributed by atoms with van der Waals surface area (Å²) >= 11 is 0. The Labute approximate surface area is 204 Å². The Kier molecular flexibility index (Phi) is 5.56. The first-order chi connectivity index (χ1) is 17.5. The Morgan fingerprint density at radius 3 is 1.28 bits per heavy atom. The van der Waals surface area contributed by atoms with Crippen molar-refractivity contribution in [1.29, 1.82) is 0 Å². The van der Waals surface area contributed by atoms with E-state index in [0.717, 1.165) is 11.1 Å². The first-order valence-electron chi connectivity index (χ1n) is 11.2. The van der Waals surface area contributed by atoms with E-state index in [1.807, 2.05) is 60.7 Å². The molecule has 2 N–H and O–H groups in total. The summed E-state index contributed by atoms with van der Waals surface area (Å²) in [5, 5.41) is 23.7. The van der Waals surface area contributed by atoms with Crippen molar-refractivity contribution >= 4 is 0 Å². The summed E-state index contributed by atoms with van der Waals surface area (Å²) in [6, 6.07) is 24.3. The average molecular weight is 494 g/mol. The van der Waals surface area contributed by atoms with E-state index in [9.17, 15) is 10.2 Å². The van der Waals surface area contributed by atoms with Gasteiger partial charge >= 0.3 is 23.1 Å². The van der Waals surface area contributed by atoms with E-state index in [2.05, 4.69) is 0 Å². The minimum Gasteiger partial charge on any atom is -0.463 e. The van der Waals surface area contributed by atoms with E-state index in [-0.39, 0.29) is 24.7 Å². The third-order valence-corrected chi connectivity index (χ3v) is 6.17. The number of hydrogen-bond donors (Lipinski definition) is 2. The van der Waals surface area contributed by atoms with Crippen molar-refractivity contribution in [3.05, 3.63) is 120 Å². The summed E-state index contributed by atoms with van der Waals surface area (Å²) in [6.45, 7) is -0.156. The molecule has 4 unspecified atom stereocenters. The van der Waals surface area contributed by atoms with Crippen molar-refractivity contribution in [3.8, 4) is 0 Å². The van der Waals surface area contributed by atoms with Gasteiger partial charge in [0.15, 0.2) is 11.5 Å². The SMILES string of the molecule is OC12OOC1(O)C(OCc1ccccc1)(c1ccco1)OOC2(OCc1ccccc1)c1ccco1. The molecular formula is C26H22O10. The predicted octanol–water partition coefficient (Wildman–Crippen LogP) is 3.61. The van der Waals surface area contributed by atoms with Gasteiger partial charge < -0.3 is 28.5 Å². The smallest absolute Gasteiger partial charge is 0.328 e. The van der Waals surface area contributed by atoms with Crippen LogP contribution < -0.4 is 0 Å². The van der Waals surface area contributed by atoms with Crippen LogP contribution in [0, 0.1) is 0 Å². The molecule has 2 aliphatic heterocycles. The quantitative estimate of drug-likeness (QED) is 0.351. The monoisotopic (exact) mass is 494 g/mol. The normalized spacial score (nSPS) is 31.5. The van der Waals surface area contributed by atoms with Gasteiger partial charge in [0, 0.05) is 0 Å². The fraction of sp³-hybridized carbons (Fsp3) is 0.231. The molecule has 2 fully saturated rings. The number of rotatable bonds is 8. The summed E-state index contributed by atoms with van der Waals surface area (Å²) in [7, 11) is 0. The molecule has 0 amide bonds. The zero-order valence-electron chi connectivity index (χ0n) is 18.8. The third-order valence-electron chi connectivity index (χ3n) is 6.17. The minimum absolute atomic E-state index is 0.0567. The summed E-state index contributed by atoms with van der Waals surface area (Å²) in [6.07, 6.45) is 2.68. The van der Waals surface area contributed by atoms with Crippen molar-refractivity contribution in [2.75, 3.05) is 0 Å². The molecule has 2 saturated heterocycles. The van der Waals surface area contributed by atoms with Crippen molar-refractivity contribution < 1.29 is 48.1 Å². The lowest BCUT2D eigenvalue weighted by Gasteiger charge is -2.62. The molecule has 0 spiro atoms. The van der Waals surface area contributed by atoms with Crippen molar-refractivity contribution in [3.63, 3.8) is 0 Å². The lowest BCUT2D eigenvalue weighted by molar-refractivity contribution is -0.790. The van der Waals surface area contributed by atoms with Crippen LogP contribution in [-0.4, -0.2) is 21.8 Å². The molecule has 186 valence electrons. The van der Waals surface area contributed by atoms with Crippen LogP contribution >= 0.6 is 0 Å². The van der Waals surface area contributed by atoms with Gasteiger partial charge in [-0.3, -0.25) is 0 Å². The molecule has 4 aromatic rings. The average Bonchev–Trinajstić information content (AvgIpc) is 3.65. The molecule has 0 radical (unpaired) electrons. The number of furan rings is 2. The number of ether oxygens (including phenoxy) is 2. The van der Waals surface area contributed by atoms with Gasteiger partial charge in [0.05, 0.1) is 25.7 Å². The molecular weight excluding hydrogens is 472 g/mol. The lowest BCUT2D eigenvalue weighted by atomic mass is 9.84. The highest BCUT2D eigenvalue weighted by Gasteiger charge is 2.90. The summed E-state index contributed by atoms with van der Waals surface area (Å²) < 4.78 is 23.1. The Morgan fingerprint density at radius 2 is 0.944 bits per heavy atom. The second kappa shape index (κ2) is 8.66. The van der Waals surface area contributed by atoms with Crippen LogP contribution in [0.1, 0.15) is 22.6 Å². The molecule has 36 heavy (non-hydrogen) atoms. The van der Waals surface area contributed by atoms with Gasteiger partial charge in [-0.25, -0.2) is 0 Å². The summed E-state index contributed by atoms with van der Waals surface area (Å²) in [4.78, 5) is 21.8. The Morgan fingerprint density at radius 1 is 0.528 bits per heavy atom. The number of aliphatic hydroxyl groups is 2. The molecule has 10 nitrogen and oxygen atoms in total. The van der Waals surface area contributed by atoms with Crippen LogP contribution in [-0.2, 0) is 53.8 Å². The second-order valence-electron chi connectivity index (χ2n) is 8.36. The molecule has 2 aromatic carbocycles. The van der Waals surface area contributed by atoms with Crippen molar-refractivity contribution in [2.24, 2.45) is 0 Å². The van der Waals surface area contributed by atoms with Crippen molar-refractivity contribution in [1.82, 2.24) is 0 Å². The van der Waals surface area contributed by atoms with Crippen LogP contribution in [0.25, 0.3) is 0 Å². The van der Waals surface area contributed by atoms with Crippen molar-refractivity contribution in [2.45, 2.75) is 36.4 Å². The fourth-order valence-corrected chi connectivity index (χ4v) is 4.24. The zero-order chi connectivity index (χ0) is 24.7. The topological polar surface area (TPSA) is 122 Å². The largest absolute Gasteiger partial charge is 0.463 e. The Balaban J connectivity index is 1.41. The molecule has 4 heterocycles. The summed E-state index contributed by atoms with van der Waals surface area (Å²) in [5.41, 5.74) is 1.48. The predicted molar refractivity (Wildman–Crippen MR) is 117 cm³/mol. The van der Waals surface area contributed by atoms with Gasteiger partial charge in [0.2, 0.25) is 0 Å². The number of fused-ring (bicyclic) bond motifs is 1. The molecule has 2 aliphatic rings. The van der Waals surface area contributed by atoms with E-state index in [1.165, 1.54) is 24.7 Å².